The molecule has 2 aromatic rings. The molecule has 0 bridgehead atoms. The van der Waals surface area contributed by atoms with Gasteiger partial charge < -0.3 is 18.9 Å². The van der Waals surface area contributed by atoms with Crippen molar-refractivity contribution < 1.29 is 23.6 Å². The molecule has 0 radical (unpaired) electrons. The minimum Gasteiger partial charge on any atom is -0.466 e. The van der Waals surface area contributed by atoms with Crippen LogP contribution in [0, 0.1) is 12.8 Å². The number of nitrogens with zero attached hydrogens (tertiary/aromatic N) is 4. The van der Waals surface area contributed by atoms with Crippen LogP contribution in [-0.4, -0.2) is 53.4 Å². The van der Waals surface area contributed by atoms with Crippen LogP contribution in [0.4, 0.5) is 5.82 Å². The monoisotopic (exact) mass is 362 g/mol. The number of carbonyl (C=O) groups excluding carboxylic acids is 2. The number of piperidine rings is 1. The Morgan fingerprint density at radius 1 is 1.23 bits per heavy atom. The molecule has 26 heavy (non-hydrogen) atoms. The maximum atomic E-state index is 12.1. The molecule has 2 aromatic heterocycles. The molecule has 1 saturated heterocycles. The third kappa shape index (κ3) is 3.47. The van der Waals surface area contributed by atoms with Crippen molar-refractivity contribution >= 4 is 28.9 Å². The van der Waals surface area contributed by atoms with Gasteiger partial charge in [0.05, 0.1) is 24.8 Å². The van der Waals surface area contributed by atoms with Crippen LogP contribution in [0.3, 0.4) is 0 Å². The van der Waals surface area contributed by atoms with E-state index >= 15 is 0 Å². The molecule has 0 spiro atoms. The highest BCUT2D eigenvalue weighted by Crippen LogP contribution is 2.30. The summed E-state index contributed by atoms with van der Waals surface area (Å²) in [5.74, 6) is -0.617. The normalized spacial score (nSPS) is 17.3. The standard InChI is InChI=1S/C17H22N4O5/c1-4-24-16(22)11-7-6-8-21(9-11)14-12-10(3)20-26-15(12)19-13(18-14)17(23)25-5-2/h11H,4-9H2,1-3H3. The van der Waals surface area contributed by atoms with Crippen molar-refractivity contribution in [3.63, 3.8) is 0 Å². The highest BCUT2D eigenvalue weighted by Gasteiger charge is 2.30. The van der Waals surface area contributed by atoms with Gasteiger partial charge in [-0.25, -0.2) is 9.78 Å². The SMILES string of the molecule is CCOC(=O)c1nc(N2CCCC(C(=O)OCC)C2)c2c(C)noc2n1. The van der Waals surface area contributed by atoms with Crippen LogP contribution in [0.5, 0.6) is 0 Å². The number of fused-ring (bicyclic) bond motifs is 1. The van der Waals surface area contributed by atoms with Crippen molar-refractivity contribution in [3.05, 3.63) is 11.5 Å². The first kappa shape index (κ1) is 18.1. The van der Waals surface area contributed by atoms with E-state index in [1.54, 1.807) is 20.8 Å². The lowest BCUT2D eigenvalue weighted by Gasteiger charge is -2.32. The zero-order valence-electron chi connectivity index (χ0n) is 15.2. The quantitative estimate of drug-likeness (QED) is 0.737. The number of anilines is 1. The second-order valence-electron chi connectivity index (χ2n) is 6.08. The summed E-state index contributed by atoms with van der Waals surface area (Å²) in [6, 6.07) is 0. The summed E-state index contributed by atoms with van der Waals surface area (Å²) in [4.78, 5) is 34.7. The fourth-order valence-electron chi connectivity index (χ4n) is 3.11. The summed E-state index contributed by atoms with van der Waals surface area (Å²) in [6.07, 6.45) is 1.57. The van der Waals surface area contributed by atoms with Crippen molar-refractivity contribution in [2.45, 2.75) is 33.6 Å². The van der Waals surface area contributed by atoms with Crippen LogP contribution in [0.1, 0.15) is 43.0 Å². The third-order valence-electron chi connectivity index (χ3n) is 4.29. The number of aromatic nitrogens is 3. The van der Waals surface area contributed by atoms with E-state index < -0.39 is 5.97 Å². The molecule has 1 aliphatic rings. The maximum Gasteiger partial charge on any atom is 0.376 e. The Morgan fingerprint density at radius 2 is 2.00 bits per heavy atom. The summed E-state index contributed by atoms with van der Waals surface area (Å²) in [6.45, 7) is 7.02. The number of carbonyl (C=O) groups is 2. The molecule has 0 aliphatic carbocycles. The van der Waals surface area contributed by atoms with Crippen molar-refractivity contribution in [2.24, 2.45) is 5.92 Å². The highest BCUT2D eigenvalue weighted by molar-refractivity contribution is 5.93. The predicted molar refractivity (Wildman–Crippen MR) is 91.9 cm³/mol. The second-order valence-corrected chi connectivity index (χ2v) is 6.08. The van der Waals surface area contributed by atoms with Crippen LogP contribution in [0.15, 0.2) is 4.52 Å². The van der Waals surface area contributed by atoms with E-state index in [0.717, 1.165) is 12.8 Å². The van der Waals surface area contributed by atoms with Gasteiger partial charge in [0.2, 0.25) is 5.82 Å². The Bertz CT molecular complexity index is 819. The first-order valence-corrected chi connectivity index (χ1v) is 8.77. The smallest absolute Gasteiger partial charge is 0.376 e. The van der Waals surface area contributed by atoms with E-state index in [4.69, 9.17) is 14.0 Å². The molecular weight excluding hydrogens is 340 g/mol. The van der Waals surface area contributed by atoms with E-state index in [9.17, 15) is 9.59 Å². The Hall–Kier alpha value is -2.71. The van der Waals surface area contributed by atoms with E-state index in [1.807, 2.05) is 4.90 Å². The van der Waals surface area contributed by atoms with E-state index in [2.05, 4.69) is 15.1 Å². The molecule has 0 N–H and O–H groups in total. The summed E-state index contributed by atoms with van der Waals surface area (Å²) < 4.78 is 15.4. The van der Waals surface area contributed by atoms with Gasteiger partial charge in [0.25, 0.3) is 5.71 Å². The van der Waals surface area contributed by atoms with E-state index in [0.29, 0.717) is 36.6 Å². The molecule has 1 unspecified atom stereocenters. The molecule has 1 aliphatic heterocycles. The lowest BCUT2D eigenvalue weighted by molar-refractivity contribution is -0.148. The van der Waals surface area contributed by atoms with Gasteiger partial charge in [0.1, 0.15) is 11.2 Å². The first-order chi connectivity index (χ1) is 12.5. The minimum atomic E-state index is -0.622. The van der Waals surface area contributed by atoms with Crippen LogP contribution in [0.2, 0.25) is 0 Å². The zero-order valence-corrected chi connectivity index (χ0v) is 15.2. The van der Waals surface area contributed by atoms with Crippen molar-refractivity contribution in [3.8, 4) is 0 Å². The van der Waals surface area contributed by atoms with Crippen molar-refractivity contribution in [1.29, 1.82) is 0 Å². The molecule has 0 aromatic carbocycles. The Morgan fingerprint density at radius 3 is 2.73 bits per heavy atom. The molecule has 9 heteroatoms. The molecule has 3 heterocycles. The largest absolute Gasteiger partial charge is 0.466 e. The average Bonchev–Trinajstić information content (AvgIpc) is 3.02. The Kier molecular flexibility index (Phi) is 5.34. The number of esters is 2. The van der Waals surface area contributed by atoms with Gasteiger partial charge >= 0.3 is 11.9 Å². The zero-order chi connectivity index (χ0) is 18.7. The van der Waals surface area contributed by atoms with Gasteiger partial charge in [-0.2, -0.15) is 4.98 Å². The predicted octanol–water partition coefficient (Wildman–Crippen LogP) is 1.88. The summed E-state index contributed by atoms with van der Waals surface area (Å²) in [5.41, 5.74) is 0.859. The van der Waals surface area contributed by atoms with Crippen LogP contribution >= 0.6 is 0 Å². The van der Waals surface area contributed by atoms with Gasteiger partial charge in [-0.3, -0.25) is 4.79 Å². The highest BCUT2D eigenvalue weighted by atomic mass is 16.5. The number of hydrogen-bond acceptors (Lipinski definition) is 9. The van der Waals surface area contributed by atoms with Gasteiger partial charge in [-0.15, -0.1) is 0 Å². The molecule has 0 amide bonds. The van der Waals surface area contributed by atoms with E-state index in [1.165, 1.54) is 0 Å². The minimum absolute atomic E-state index is 0.0799. The van der Waals surface area contributed by atoms with Crippen LogP contribution in [0.25, 0.3) is 11.1 Å². The molecule has 9 nitrogen and oxygen atoms in total. The van der Waals surface area contributed by atoms with E-state index in [-0.39, 0.29) is 30.0 Å². The summed E-state index contributed by atoms with van der Waals surface area (Å²) >= 11 is 0. The molecule has 3 rings (SSSR count). The maximum absolute atomic E-state index is 12.1. The number of rotatable bonds is 5. The van der Waals surface area contributed by atoms with Crippen molar-refractivity contribution in [2.75, 3.05) is 31.2 Å². The Labute approximate surface area is 150 Å². The van der Waals surface area contributed by atoms with Gasteiger partial charge in [-0.1, -0.05) is 5.16 Å². The molecule has 1 fully saturated rings. The molecular formula is C17H22N4O5. The number of hydrogen-bond donors (Lipinski definition) is 0. The molecule has 140 valence electrons. The van der Waals surface area contributed by atoms with Gasteiger partial charge in [0.15, 0.2) is 0 Å². The lowest BCUT2D eigenvalue weighted by atomic mass is 9.98. The summed E-state index contributed by atoms with van der Waals surface area (Å²) in [5, 5.41) is 4.57. The molecule has 1 atom stereocenters. The first-order valence-electron chi connectivity index (χ1n) is 8.77. The van der Waals surface area contributed by atoms with Crippen molar-refractivity contribution in [1.82, 2.24) is 15.1 Å². The topological polar surface area (TPSA) is 108 Å². The van der Waals surface area contributed by atoms with Gasteiger partial charge in [-0.05, 0) is 33.6 Å². The third-order valence-corrected chi connectivity index (χ3v) is 4.29. The van der Waals surface area contributed by atoms with Crippen LogP contribution < -0.4 is 4.90 Å². The average molecular weight is 362 g/mol. The summed E-state index contributed by atoms with van der Waals surface area (Å²) in [7, 11) is 0. The second kappa shape index (κ2) is 7.67. The number of aryl methyl sites for hydroxylation is 1. The lowest BCUT2D eigenvalue weighted by Crippen LogP contribution is -2.40. The van der Waals surface area contributed by atoms with Gasteiger partial charge in [0, 0.05) is 13.1 Å². The van der Waals surface area contributed by atoms with Crippen LogP contribution in [-0.2, 0) is 14.3 Å². The molecule has 0 saturated carbocycles. The Balaban J connectivity index is 1.98. The fraction of sp³-hybridized carbons (Fsp3) is 0.588. The number of ether oxygens (including phenoxy) is 2. The fourth-order valence-corrected chi connectivity index (χ4v) is 3.11.